The van der Waals surface area contributed by atoms with Gasteiger partial charge in [-0.1, -0.05) is 176 Å². The summed E-state index contributed by atoms with van der Waals surface area (Å²) in [7, 11) is 0. The number of nitrogens with zero attached hydrogens (tertiary/aromatic N) is 5. The first-order valence-electron chi connectivity index (χ1n) is 21.0. The van der Waals surface area contributed by atoms with Gasteiger partial charge in [-0.3, -0.25) is 0 Å². The Kier molecular flexibility index (Phi) is 8.94. The molecule has 63 heavy (non-hydrogen) atoms. The lowest BCUT2D eigenvalue weighted by atomic mass is 9.93. The Labute approximate surface area is 367 Å². The number of hydrogen-bond donors (Lipinski definition) is 0. The van der Waals surface area contributed by atoms with Crippen LogP contribution >= 0.6 is 11.3 Å². The number of aromatic nitrogens is 5. The zero-order valence-corrected chi connectivity index (χ0v) is 34.7. The van der Waals surface area contributed by atoms with E-state index in [0.717, 1.165) is 77.7 Å². The van der Waals surface area contributed by atoms with Crippen molar-refractivity contribution in [3.63, 3.8) is 0 Å². The van der Waals surface area contributed by atoms with Crippen molar-refractivity contribution >= 4 is 53.3 Å². The van der Waals surface area contributed by atoms with Crippen LogP contribution in [0.15, 0.2) is 212 Å². The summed E-state index contributed by atoms with van der Waals surface area (Å²) < 4.78 is 2.55. The number of rotatable bonds is 7. The smallest absolute Gasteiger partial charge is 0.164 e. The van der Waals surface area contributed by atoms with Crippen molar-refractivity contribution in [2.45, 2.75) is 0 Å². The molecular weight excluding hydrogens is 787 g/mol. The highest BCUT2D eigenvalue weighted by molar-refractivity contribution is 7.26. The maximum absolute atomic E-state index is 5.41. The van der Waals surface area contributed by atoms with Crippen LogP contribution in [-0.4, -0.2) is 24.9 Å². The van der Waals surface area contributed by atoms with E-state index in [4.69, 9.17) is 24.9 Å². The van der Waals surface area contributed by atoms with E-state index in [1.54, 1.807) is 0 Å². The van der Waals surface area contributed by atoms with E-state index >= 15 is 0 Å². The molecule has 6 heteroatoms. The maximum Gasteiger partial charge on any atom is 0.164 e. The van der Waals surface area contributed by atoms with Crippen molar-refractivity contribution in [1.29, 1.82) is 0 Å². The van der Waals surface area contributed by atoms with Crippen molar-refractivity contribution in [3.05, 3.63) is 212 Å². The predicted octanol–water partition coefficient (Wildman–Crippen LogP) is 15.0. The highest BCUT2D eigenvalue weighted by Crippen LogP contribution is 2.42. The van der Waals surface area contributed by atoms with Gasteiger partial charge in [0.15, 0.2) is 17.5 Å². The van der Waals surface area contributed by atoms with Gasteiger partial charge in [-0.05, 0) is 58.7 Å². The minimum atomic E-state index is 0.622. The molecule has 0 fully saturated rings. The first-order valence-corrected chi connectivity index (χ1v) is 21.8. The molecule has 0 radical (unpaired) electrons. The zero-order valence-electron chi connectivity index (χ0n) is 33.9. The van der Waals surface area contributed by atoms with Crippen molar-refractivity contribution in [3.8, 4) is 78.9 Å². The van der Waals surface area contributed by atoms with Crippen LogP contribution in [0.4, 0.5) is 0 Å². The molecule has 8 aromatic carbocycles. The average molecular weight is 822 g/mol. The van der Waals surface area contributed by atoms with Crippen molar-refractivity contribution < 1.29 is 0 Å². The van der Waals surface area contributed by atoms with Crippen LogP contribution < -0.4 is 0 Å². The van der Waals surface area contributed by atoms with Gasteiger partial charge in [0.25, 0.3) is 0 Å². The largest absolute Gasteiger partial charge is 0.245 e. The molecule has 0 spiro atoms. The van der Waals surface area contributed by atoms with Crippen LogP contribution in [0.25, 0.3) is 121 Å². The SMILES string of the molecule is c1ccc(-c2ccc3ccc4ccc(-c5cc(-c6ccc(-c7nc(-c8ccccc8)nc(-c8ccccc8)n7)cc6)cc(-c6cccc7c6sc6ccccc67)c5)nc4c3n2)cc1. The minimum Gasteiger partial charge on any atom is -0.245 e. The van der Waals surface area contributed by atoms with Crippen LogP contribution in [0.5, 0.6) is 0 Å². The summed E-state index contributed by atoms with van der Waals surface area (Å²) >= 11 is 1.84. The molecule has 4 heterocycles. The summed E-state index contributed by atoms with van der Waals surface area (Å²) in [5.41, 5.74) is 13.0. The second-order valence-corrected chi connectivity index (χ2v) is 16.7. The molecule has 0 aliphatic carbocycles. The van der Waals surface area contributed by atoms with E-state index in [9.17, 15) is 0 Å². The monoisotopic (exact) mass is 821 g/mol. The second-order valence-electron chi connectivity index (χ2n) is 15.7. The molecule has 0 bridgehead atoms. The third-order valence-electron chi connectivity index (χ3n) is 11.7. The zero-order chi connectivity index (χ0) is 41.7. The average Bonchev–Trinajstić information content (AvgIpc) is 3.76. The van der Waals surface area contributed by atoms with E-state index < -0.39 is 0 Å². The van der Waals surface area contributed by atoms with Crippen molar-refractivity contribution in [2.24, 2.45) is 0 Å². The topological polar surface area (TPSA) is 64.5 Å². The number of benzene rings is 8. The first-order chi connectivity index (χ1) is 31.2. The normalized spacial score (nSPS) is 11.5. The van der Waals surface area contributed by atoms with Crippen LogP contribution in [0, 0.1) is 0 Å². The lowest BCUT2D eigenvalue weighted by Crippen LogP contribution is -2.00. The van der Waals surface area contributed by atoms with Gasteiger partial charge in [0.1, 0.15) is 0 Å². The van der Waals surface area contributed by atoms with E-state index in [1.165, 1.54) is 25.7 Å². The Morgan fingerprint density at radius 1 is 0.286 bits per heavy atom. The highest BCUT2D eigenvalue weighted by Gasteiger charge is 2.17. The molecule has 12 rings (SSSR count). The van der Waals surface area contributed by atoms with Gasteiger partial charge in [0, 0.05) is 58.8 Å². The Bertz CT molecular complexity index is 3600. The standard InChI is InChI=1S/C57H35N5S/c1-4-13-37(14-5-1)49-31-29-38-25-26-39-30-32-50(59-53(39)52(38)58-49)45-34-43(33-44(35-45)46-20-12-21-48-47-19-10-11-22-51(47)63-54(46)48)36-23-27-42(28-24-36)57-61-55(40-15-6-2-7-16-40)60-56(62-57)41-17-8-3-9-18-41/h1-35H. The number of hydrogen-bond acceptors (Lipinski definition) is 6. The molecule has 0 unspecified atom stereocenters. The van der Waals surface area contributed by atoms with Crippen LogP contribution in [0.1, 0.15) is 0 Å². The van der Waals surface area contributed by atoms with Gasteiger partial charge in [0.2, 0.25) is 0 Å². The van der Waals surface area contributed by atoms with Crippen LogP contribution in [0.2, 0.25) is 0 Å². The van der Waals surface area contributed by atoms with E-state index in [0.29, 0.717) is 17.5 Å². The van der Waals surface area contributed by atoms with E-state index in [2.05, 4.69) is 146 Å². The second kappa shape index (κ2) is 15.4. The molecule has 4 aromatic heterocycles. The molecule has 0 saturated carbocycles. The quantitative estimate of drug-likeness (QED) is 0.150. The van der Waals surface area contributed by atoms with E-state index in [1.807, 2.05) is 78.1 Å². The van der Waals surface area contributed by atoms with Gasteiger partial charge in [0.05, 0.1) is 22.4 Å². The fourth-order valence-corrected chi connectivity index (χ4v) is 9.76. The third kappa shape index (κ3) is 6.79. The summed E-state index contributed by atoms with van der Waals surface area (Å²) in [5, 5.41) is 4.65. The summed E-state index contributed by atoms with van der Waals surface area (Å²) in [6, 6.07) is 74.1. The number of thiophene rings is 1. The Morgan fingerprint density at radius 2 is 0.746 bits per heavy atom. The molecule has 0 amide bonds. The summed E-state index contributed by atoms with van der Waals surface area (Å²) in [6.07, 6.45) is 0. The predicted molar refractivity (Wildman–Crippen MR) is 261 cm³/mol. The number of fused-ring (bicyclic) bond motifs is 6. The maximum atomic E-state index is 5.41. The van der Waals surface area contributed by atoms with Gasteiger partial charge in [-0.15, -0.1) is 11.3 Å². The number of pyridine rings is 2. The van der Waals surface area contributed by atoms with Gasteiger partial charge >= 0.3 is 0 Å². The Hall–Kier alpha value is -8.19. The van der Waals surface area contributed by atoms with Crippen LogP contribution in [0.3, 0.4) is 0 Å². The fourth-order valence-electron chi connectivity index (χ4n) is 8.52. The Morgan fingerprint density at radius 3 is 1.37 bits per heavy atom. The molecule has 0 saturated heterocycles. The van der Waals surface area contributed by atoms with Gasteiger partial charge < -0.3 is 0 Å². The summed E-state index contributed by atoms with van der Waals surface area (Å²) in [4.78, 5) is 25.5. The molecule has 0 aliphatic rings. The minimum absolute atomic E-state index is 0.622. The molecule has 0 aliphatic heterocycles. The van der Waals surface area contributed by atoms with Gasteiger partial charge in [-0.25, -0.2) is 24.9 Å². The molecule has 0 atom stereocenters. The summed E-state index contributed by atoms with van der Waals surface area (Å²) in [6.45, 7) is 0. The molecule has 294 valence electrons. The molecular formula is C57H35N5S. The van der Waals surface area contributed by atoms with Gasteiger partial charge in [-0.2, -0.15) is 0 Å². The summed E-state index contributed by atoms with van der Waals surface area (Å²) in [5.74, 6) is 1.90. The first kappa shape index (κ1) is 36.6. The molecule has 0 N–H and O–H groups in total. The highest BCUT2D eigenvalue weighted by atomic mass is 32.1. The molecule has 12 aromatic rings. The Balaban J connectivity index is 1.01. The van der Waals surface area contributed by atoms with Crippen LogP contribution in [-0.2, 0) is 0 Å². The van der Waals surface area contributed by atoms with Crippen molar-refractivity contribution in [2.75, 3.05) is 0 Å². The van der Waals surface area contributed by atoms with Crippen molar-refractivity contribution in [1.82, 2.24) is 24.9 Å². The lowest BCUT2D eigenvalue weighted by Gasteiger charge is -2.13. The lowest BCUT2D eigenvalue weighted by molar-refractivity contribution is 1.07. The fraction of sp³-hybridized carbons (Fsp3) is 0. The molecule has 5 nitrogen and oxygen atoms in total. The third-order valence-corrected chi connectivity index (χ3v) is 12.9. The van der Waals surface area contributed by atoms with E-state index in [-0.39, 0.29) is 0 Å².